The van der Waals surface area contributed by atoms with Crippen LogP contribution in [-0.4, -0.2) is 24.3 Å². The summed E-state index contributed by atoms with van der Waals surface area (Å²) in [6.45, 7) is 0. The van der Waals surface area contributed by atoms with Crippen molar-refractivity contribution in [3.63, 3.8) is 0 Å². The van der Waals surface area contributed by atoms with E-state index in [0.717, 1.165) is 38.5 Å². The van der Waals surface area contributed by atoms with Crippen molar-refractivity contribution in [1.29, 1.82) is 0 Å². The first-order chi connectivity index (χ1) is 12.6. The molecule has 0 spiro atoms. The van der Waals surface area contributed by atoms with Crippen molar-refractivity contribution in [3.05, 3.63) is 70.8 Å². The molecular formula is C23H26O3. The number of hydrogen-bond acceptors (Lipinski definition) is 3. The van der Waals surface area contributed by atoms with Gasteiger partial charge in [0.25, 0.3) is 0 Å². The van der Waals surface area contributed by atoms with Crippen LogP contribution in [0.4, 0.5) is 0 Å². The minimum Gasteiger partial charge on any atom is -0.465 e. The maximum atomic E-state index is 11.9. The summed E-state index contributed by atoms with van der Waals surface area (Å²) < 4.78 is 4.90. The summed E-state index contributed by atoms with van der Waals surface area (Å²) in [5, 5.41) is 10.3. The molecule has 26 heavy (non-hydrogen) atoms. The van der Waals surface area contributed by atoms with Gasteiger partial charge in [-0.3, -0.25) is 0 Å². The Hall–Kier alpha value is -2.13. The number of fused-ring (bicyclic) bond motifs is 3. The van der Waals surface area contributed by atoms with E-state index in [1.54, 1.807) is 0 Å². The zero-order chi connectivity index (χ0) is 18.1. The number of carbonyl (C=O) groups is 1. The second kappa shape index (κ2) is 6.88. The van der Waals surface area contributed by atoms with E-state index in [-0.39, 0.29) is 17.5 Å². The van der Waals surface area contributed by atoms with Crippen molar-refractivity contribution in [2.45, 2.75) is 50.0 Å². The van der Waals surface area contributed by atoms with Crippen molar-refractivity contribution in [2.24, 2.45) is 5.92 Å². The van der Waals surface area contributed by atoms with Gasteiger partial charge in [-0.15, -0.1) is 0 Å². The van der Waals surface area contributed by atoms with Gasteiger partial charge >= 0.3 is 5.97 Å². The molecule has 3 nitrogen and oxygen atoms in total. The Balaban J connectivity index is 1.78. The lowest BCUT2D eigenvalue weighted by Gasteiger charge is -2.50. The van der Waals surface area contributed by atoms with E-state index in [1.807, 2.05) is 12.1 Å². The number of ether oxygens (including phenoxy) is 1. The molecule has 1 unspecified atom stereocenters. The van der Waals surface area contributed by atoms with Crippen molar-refractivity contribution in [2.75, 3.05) is 7.11 Å². The number of methoxy groups -OCH3 is 1. The molecule has 2 aromatic carbocycles. The Bertz CT molecular complexity index is 798. The van der Waals surface area contributed by atoms with Crippen molar-refractivity contribution in [1.82, 2.24) is 0 Å². The second-order valence-electron chi connectivity index (χ2n) is 7.85. The lowest BCUT2D eigenvalue weighted by molar-refractivity contribution is 0.0405. The first-order valence-electron chi connectivity index (χ1n) is 9.56. The van der Waals surface area contributed by atoms with Gasteiger partial charge in [-0.1, -0.05) is 36.4 Å². The zero-order valence-electron chi connectivity index (χ0n) is 15.3. The molecule has 0 saturated heterocycles. The maximum absolute atomic E-state index is 11.9. The largest absolute Gasteiger partial charge is 0.465 e. The fraction of sp³-hybridized carbons (Fsp3) is 0.435. The Morgan fingerprint density at radius 3 is 2.77 bits per heavy atom. The van der Waals surface area contributed by atoms with Gasteiger partial charge in [-0.25, -0.2) is 4.79 Å². The molecule has 1 saturated carbocycles. The van der Waals surface area contributed by atoms with E-state index in [4.69, 9.17) is 4.74 Å². The third kappa shape index (κ3) is 2.95. The van der Waals surface area contributed by atoms with Crippen LogP contribution in [0.15, 0.2) is 48.5 Å². The molecule has 136 valence electrons. The van der Waals surface area contributed by atoms with Gasteiger partial charge in [0.05, 0.1) is 18.8 Å². The monoisotopic (exact) mass is 350 g/mol. The molecule has 0 heterocycles. The van der Waals surface area contributed by atoms with Crippen LogP contribution in [0.3, 0.4) is 0 Å². The standard InChI is InChI=1S/C23H26O3/c1-26-22(25)18-8-10-21-17(13-18)7-9-19-14-20(24)11-12-23(19,21)15-16-5-3-2-4-6-16/h2-6,8,10,13,19-20,24H,7,9,11-12,14-15H2,1H3/t19-,20?,23+/m1/s1. The average molecular weight is 350 g/mol. The van der Waals surface area contributed by atoms with E-state index >= 15 is 0 Å². The summed E-state index contributed by atoms with van der Waals surface area (Å²) in [5.41, 5.74) is 4.69. The van der Waals surface area contributed by atoms with E-state index in [1.165, 1.54) is 23.8 Å². The highest BCUT2D eigenvalue weighted by Crippen LogP contribution is 2.52. The van der Waals surface area contributed by atoms with E-state index < -0.39 is 0 Å². The van der Waals surface area contributed by atoms with Gasteiger partial charge in [0.1, 0.15) is 0 Å². The van der Waals surface area contributed by atoms with Gasteiger partial charge in [0, 0.05) is 5.41 Å². The highest BCUT2D eigenvalue weighted by Gasteiger charge is 2.47. The first-order valence-corrected chi connectivity index (χ1v) is 9.56. The van der Waals surface area contributed by atoms with Crippen molar-refractivity contribution in [3.8, 4) is 0 Å². The summed E-state index contributed by atoms with van der Waals surface area (Å²) in [7, 11) is 1.43. The summed E-state index contributed by atoms with van der Waals surface area (Å²) in [4.78, 5) is 11.9. The van der Waals surface area contributed by atoms with Crippen LogP contribution in [0.1, 0.15) is 52.7 Å². The summed E-state index contributed by atoms with van der Waals surface area (Å²) in [5.74, 6) is 0.217. The van der Waals surface area contributed by atoms with Gasteiger partial charge in [0.2, 0.25) is 0 Å². The van der Waals surface area contributed by atoms with Crippen LogP contribution < -0.4 is 0 Å². The average Bonchev–Trinajstić information content (AvgIpc) is 2.68. The third-order valence-electron chi connectivity index (χ3n) is 6.45. The number of aliphatic hydroxyl groups excluding tert-OH is 1. The van der Waals surface area contributed by atoms with E-state index in [0.29, 0.717) is 11.5 Å². The summed E-state index contributed by atoms with van der Waals surface area (Å²) in [6.07, 6.45) is 5.58. The molecule has 0 aliphatic heterocycles. The van der Waals surface area contributed by atoms with Crippen LogP contribution >= 0.6 is 0 Å². The van der Waals surface area contributed by atoms with E-state index in [9.17, 15) is 9.90 Å². The number of carbonyl (C=O) groups excluding carboxylic acids is 1. The van der Waals surface area contributed by atoms with Crippen molar-refractivity contribution >= 4 is 5.97 Å². The number of rotatable bonds is 3. The number of esters is 1. The molecule has 0 aromatic heterocycles. The molecule has 0 bridgehead atoms. The molecule has 1 N–H and O–H groups in total. The lowest BCUT2D eigenvalue weighted by atomic mass is 9.54. The van der Waals surface area contributed by atoms with Crippen LogP contribution in [-0.2, 0) is 23.0 Å². The maximum Gasteiger partial charge on any atom is 0.337 e. The van der Waals surface area contributed by atoms with Crippen molar-refractivity contribution < 1.29 is 14.6 Å². The number of aliphatic hydroxyl groups is 1. The fourth-order valence-corrected chi connectivity index (χ4v) is 5.20. The van der Waals surface area contributed by atoms with Crippen LogP contribution in [0.2, 0.25) is 0 Å². The lowest BCUT2D eigenvalue weighted by Crippen LogP contribution is -2.46. The molecule has 2 aromatic rings. The van der Waals surface area contributed by atoms with Gasteiger partial charge in [0.15, 0.2) is 0 Å². The molecular weight excluding hydrogens is 324 g/mol. The Labute approximate surface area is 155 Å². The molecule has 0 radical (unpaired) electrons. The van der Waals surface area contributed by atoms with Crippen LogP contribution in [0, 0.1) is 5.92 Å². The Morgan fingerprint density at radius 2 is 2.00 bits per heavy atom. The van der Waals surface area contributed by atoms with Gasteiger partial charge < -0.3 is 9.84 Å². The van der Waals surface area contributed by atoms with Gasteiger partial charge in [-0.2, -0.15) is 0 Å². The molecule has 0 amide bonds. The Morgan fingerprint density at radius 1 is 1.19 bits per heavy atom. The molecule has 2 aliphatic carbocycles. The van der Waals surface area contributed by atoms with Crippen LogP contribution in [0.25, 0.3) is 0 Å². The highest BCUT2D eigenvalue weighted by atomic mass is 16.5. The summed E-state index contributed by atoms with van der Waals surface area (Å²) >= 11 is 0. The predicted octanol–water partition coefficient (Wildman–Crippen LogP) is 4.06. The predicted molar refractivity (Wildman–Crippen MR) is 101 cm³/mol. The smallest absolute Gasteiger partial charge is 0.337 e. The topological polar surface area (TPSA) is 46.5 Å². The van der Waals surface area contributed by atoms with Crippen LogP contribution in [0.5, 0.6) is 0 Å². The molecule has 4 rings (SSSR count). The molecule has 3 heteroatoms. The quantitative estimate of drug-likeness (QED) is 0.849. The minimum atomic E-state index is -0.272. The third-order valence-corrected chi connectivity index (χ3v) is 6.45. The van der Waals surface area contributed by atoms with Gasteiger partial charge in [-0.05, 0) is 73.3 Å². The SMILES string of the molecule is COC(=O)c1ccc2c(c1)CC[C@@H]1CC(O)CC[C@@]21Cc1ccccc1. The fourth-order valence-electron chi connectivity index (χ4n) is 5.20. The highest BCUT2D eigenvalue weighted by molar-refractivity contribution is 5.89. The first kappa shape index (κ1) is 17.3. The zero-order valence-corrected chi connectivity index (χ0v) is 15.3. The number of benzene rings is 2. The van der Waals surface area contributed by atoms with E-state index in [2.05, 4.69) is 36.4 Å². The molecule has 3 atom stereocenters. The Kier molecular flexibility index (Phi) is 4.58. The second-order valence-corrected chi connectivity index (χ2v) is 7.85. The normalized spacial score (nSPS) is 27.3. The number of aryl methyl sites for hydroxylation is 1. The summed E-state index contributed by atoms with van der Waals surface area (Å²) in [6, 6.07) is 16.7. The molecule has 2 aliphatic rings. The molecule has 1 fully saturated rings. The number of hydrogen-bond donors (Lipinski definition) is 1. The minimum absolute atomic E-state index is 0.0583.